The fraction of sp³-hybridized carbons (Fsp3) is 0.500. The molecule has 0 aliphatic carbocycles. The first-order valence-electron chi connectivity index (χ1n) is 7.42. The van der Waals surface area contributed by atoms with Crippen LogP contribution in [0.25, 0.3) is 11.1 Å². The van der Waals surface area contributed by atoms with Crippen LogP contribution in [-0.4, -0.2) is 27.8 Å². The van der Waals surface area contributed by atoms with Gasteiger partial charge in [0.05, 0.1) is 10.5 Å². The van der Waals surface area contributed by atoms with Crippen LogP contribution in [-0.2, 0) is 4.74 Å². The molecule has 0 aromatic carbocycles. The Morgan fingerprint density at radius 1 is 1.50 bits per heavy atom. The van der Waals surface area contributed by atoms with E-state index in [1.54, 1.807) is 33.8 Å². The Labute approximate surface area is 153 Å². The van der Waals surface area contributed by atoms with Gasteiger partial charge in [0.2, 0.25) is 0 Å². The van der Waals surface area contributed by atoms with E-state index in [9.17, 15) is 9.90 Å². The van der Waals surface area contributed by atoms with Crippen molar-refractivity contribution in [2.24, 2.45) is 0 Å². The van der Waals surface area contributed by atoms with Crippen LogP contribution in [0.5, 0.6) is 0 Å². The van der Waals surface area contributed by atoms with E-state index in [2.05, 4.69) is 26.2 Å². The molecule has 132 valence electrons. The standard InChI is InChI=1S/C16H20BrClN2O4/c1-7-6-9(18)20-11-10(17)14(23-13(7)11)12(21)8(2)19-15(22)24-16(3,4)5/h6,8,12,21H,1-5H3,(H,19,22). The Balaban J connectivity index is 2.25. The lowest BCUT2D eigenvalue weighted by Crippen LogP contribution is -2.40. The average molecular weight is 420 g/mol. The summed E-state index contributed by atoms with van der Waals surface area (Å²) in [6.45, 7) is 8.79. The number of nitrogens with zero attached hydrogens (tertiary/aromatic N) is 1. The molecule has 0 aliphatic rings. The van der Waals surface area contributed by atoms with Crippen LogP contribution in [0.2, 0.25) is 5.15 Å². The number of ether oxygens (including phenoxy) is 1. The number of aliphatic hydroxyl groups excluding tert-OH is 1. The molecule has 8 heteroatoms. The third-order valence-corrected chi connectivity index (χ3v) is 4.21. The second-order valence-electron chi connectivity index (χ2n) is 6.60. The summed E-state index contributed by atoms with van der Waals surface area (Å²) in [5, 5.41) is 13.5. The first-order valence-corrected chi connectivity index (χ1v) is 8.59. The number of halogens is 2. The number of furan rings is 1. The van der Waals surface area contributed by atoms with Gasteiger partial charge in [-0.15, -0.1) is 0 Å². The van der Waals surface area contributed by atoms with Crippen LogP contribution < -0.4 is 5.32 Å². The van der Waals surface area contributed by atoms with Gasteiger partial charge in [-0.3, -0.25) is 0 Å². The second kappa shape index (κ2) is 6.90. The zero-order chi connectivity index (χ0) is 18.2. The Morgan fingerprint density at radius 2 is 2.12 bits per heavy atom. The van der Waals surface area contributed by atoms with Crippen molar-refractivity contribution in [2.75, 3.05) is 0 Å². The molecule has 6 nitrogen and oxygen atoms in total. The van der Waals surface area contributed by atoms with Gasteiger partial charge in [0.15, 0.2) is 11.3 Å². The van der Waals surface area contributed by atoms with Gasteiger partial charge in [-0.05, 0) is 62.2 Å². The van der Waals surface area contributed by atoms with Crippen LogP contribution in [0.15, 0.2) is 15.0 Å². The minimum Gasteiger partial charge on any atom is -0.455 e. The Morgan fingerprint density at radius 3 is 2.71 bits per heavy atom. The molecule has 0 saturated carbocycles. The minimum absolute atomic E-state index is 0.270. The summed E-state index contributed by atoms with van der Waals surface area (Å²) in [5.74, 6) is 0.270. The number of hydrogen-bond acceptors (Lipinski definition) is 5. The van der Waals surface area contributed by atoms with Gasteiger partial charge in [0, 0.05) is 0 Å². The maximum atomic E-state index is 11.8. The Bertz CT molecular complexity index is 770. The van der Waals surface area contributed by atoms with E-state index in [4.69, 9.17) is 20.8 Å². The molecule has 0 radical (unpaired) electrons. The van der Waals surface area contributed by atoms with Crippen molar-refractivity contribution in [3.63, 3.8) is 0 Å². The number of carbonyl (C=O) groups excluding carboxylic acids is 1. The number of pyridine rings is 1. The SMILES string of the molecule is Cc1cc(Cl)nc2c(Br)c(C(O)C(C)NC(=O)OC(C)(C)C)oc12. The maximum Gasteiger partial charge on any atom is 0.407 e. The summed E-state index contributed by atoms with van der Waals surface area (Å²) >= 11 is 9.35. The molecule has 24 heavy (non-hydrogen) atoms. The molecule has 2 rings (SSSR count). The average Bonchev–Trinajstić information content (AvgIpc) is 2.73. The van der Waals surface area contributed by atoms with Gasteiger partial charge < -0.3 is 19.6 Å². The third kappa shape index (κ3) is 4.20. The Kier molecular flexibility index (Phi) is 5.47. The van der Waals surface area contributed by atoms with Gasteiger partial charge in [-0.2, -0.15) is 0 Å². The molecule has 2 N–H and O–H groups in total. The lowest BCUT2D eigenvalue weighted by molar-refractivity contribution is 0.0416. The fourth-order valence-corrected chi connectivity index (χ4v) is 2.99. The largest absolute Gasteiger partial charge is 0.455 e. The van der Waals surface area contributed by atoms with Crippen LogP contribution in [0.1, 0.15) is 45.1 Å². The predicted octanol–water partition coefficient (Wildman–Crippen LogP) is 4.50. The number of carbonyl (C=O) groups is 1. The summed E-state index contributed by atoms with van der Waals surface area (Å²) in [6.07, 6.45) is -1.70. The van der Waals surface area contributed by atoms with Crippen molar-refractivity contribution in [2.45, 2.75) is 52.4 Å². The van der Waals surface area contributed by atoms with Crippen molar-refractivity contribution in [3.05, 3.63) is 27.0 Å². The first kappa shape index (κ1) is 19.0. The van der Waals surface area contributed by atoms with Crippen molar-refractivity contribution in [3.8, 4) is 0 Å². The van der Waals surface area contributed by atoms with E-state index >= 15 is 0 Å². The summed E-state index contributed by atoms with van der Waals surface area (Å²) < 4.78 is 11.4. The highest BCUT2D eigenvalue weighted by molar-refractivity contribution is 9.10. The number of rotatable bonds is 3. The van der Waals surface area contributed by atoms with Crippen LogP contribution in [0.4, 0.5) is 4.79 Å². The van der Waals surface area contributed by atoms with Crippen LogP contribution >= 0.6 is 27.5 Å². The first-order chi connectivity index (χ1) is 11.0. The number of fused-ring (bicyclic) bond motifs is 1. The minimum atomic E-state index is -1.08. The van der Waals surface area contributed by atoms with Gasteiger partial charge in [-0.1, -0.05) is 11.6 Å². The summed E-state index contributed by atoms with van der Waals surface area (Å²) in [5.41, 5.74) is 1.24. The molecular weight excluding hydrogens is 400 g/mol. The van der Waals surface area contributed by atoms with Gasteiger partial charge in [0.1, 0.15) is 22.4 Å². The summed E-state index contributed by atoms with van der Waals surface area (Å²) in [4.78, 5) is 16.1. The van der Waals surface area contributed by atoms with E-state index < -0.39 is 23.8 Å². The second-order valence-corrected chi connectivity index (χ2v) is 7.78. The topological polar surface area (TPSA) is 84.6 Å². The zero-order valence-electron chi connectivity index (χ0n) is 14.1. The maximum absolute atomic E-state index is 11.8. The molecule has 0 saturated heterocycles. The van der Waals surface area contributed by atoms with E-state index in [0.717, 1.165) is 5.56 Å². The smallest absolute Gasteiger partial charge is 0.407 e. The highest BCUT2D eigenvalue weighted by atomic mass is 79.9. The third-order valence-electron chi connectivity index (χ3n) is 3.25. The van der Waals surface area contributed by atoms with Gasteiger partial charge >= 0.3 is 6.09 Å². The van der Waals surface area contributed by atoms with Crippen molar-refractivity contribution >= 4 is 44.7 Å². The lowest BCUT2D eigenvalue weighted by atomic mass is 10.1. The molecule has 1 amide bonds. The number of aromatic nitrogens is 1. The molecule has 2 atom stereocenters. The van der Waals surface area contributed by atoms with Crippen molar-refractivity contribution in [1.82, 2.24) is 10.3 Å². The molecule has 0 spiro atoms. The predicted molar refractivity (Wildman–Crippen MR) is 95.2 cm³/mol. The van der Waals surface area contributed by atoms with Crippen molar-refractivity contribution < 1.29 is 19.1 Å². The van der Waals surface area contributed by atoms with Crippen molar-refractivity contribution in [1.29, 1.82) is 0 Å². The molecular formula is C16H20BrClN2O4. The van der Waals surface area contributed by atoms with Gasteiger partial charge in [-0.25, -0.2) is 9.78 Å². The number of nitrogens with one attached hydrogen (secondary N) is 1. The van der Waals surface area contributed by atoms with Gasteiger partial charge in [0.25, 0.3) is 0 Å². The lowest BCUT2D eigenvalue weighted by Gasteiger charge is -2.23. The Hall–Kier alpha value is -1.31. The normalized spacial score (nSPS) is 14.5. The quantitative estimate of drug-likeness (QED) is 0.716. The molecule has 2 aromatic heterocycles. The summed E-state index contributed by atoms with van der Waals surface area (Å²) in [7, 11) is 0. The monoisotopic (exact) mass is 418 g/mol. The summed E-state index contributed by atoms with van der Waals surface area (Å²) in [6, 6.07) is 1.05. The number of amides is 1. The molecule has 0 aliphatic heterocycles. The van der Waals surface area contributed by atoms with Crippen LogP contribution in [0.3, 0.4) is 0 Å². The fourth-order valence-electron chi connectivity index (χ4n) is 2.16. The number of alkyl carbamates (subject to hydrolysis) is 1. The molecule has 0 fully saturated rings. The highest BCUT2D eigenvalue weighted by Crippen LogP contribution is 2.36. The molecule has 2 heterocycles. The molecule has 0 bridgehead atoms. The van der Waals surface area contributed by atoms with E-state index in [1.807, 2.05) is 6.92 Å². The molecule has 2 unspecified atom stereocenters. The zero-order valence-corrected chi connectivity index (χ0v) is 16.4. The van der Waals surface area contributed by atoms with E-state index in [1.165, 1.54) is 0 Å². The highest BCUT2D eigenvalue weighted by Gasteiger charge is 2.28. The number of aliphatic hydroxyl groups is 1. The number of hydrogen-bond donors (Lipinski definition) is 2. The van der Waals surface area contributed by atoms with E-state index in [0.29, 0.717) is 20.7 Å². The van der Waals surface area contributed by atoms with Crippen LogP contribution in [0, 0.1) is 6.92 Å². The number of aryl methyl sites for hydroxylation is 1. The van der Waals surface area contributed by atoms with E-state index in [-0.39, 0.29) is 5.76 Å². The molecule has 2 aromatic rings.